The summed E-state index contributed by atoms with van der Waals surface area (Å²) in [5.41, 5.74) is 1.27. The molecule has 0 spiro atoms. The molecule has 0 aromatic heterocycles. The van der Waals surface area contributed by atoms with E-state index in [1.54, 1.807) is 13.8 Å². The van der Waals surface area contributed by atoms with Crippen LogP contribution in [0, 0.1) is 0 Å². The fraction of sp³-hybridized carbons (Fsp3) is 0.625. The Kier molecular flexibility index (Phi) is 3.06. The van der Waals surface area contributed by atoms with Crippen molar-refractivity contribution in [3.05, 3.63) is 0 Å². The molecular formula is C8H14N4O3. The first kappa shape index (κ1) is 11.6. The molecule has 7 nitrogen and oxygen atoms in total. The van der Waals surface area contributed by atoms with Gasteiger partial charge in [0, 0.05) is 7.05 Å². The van der Waals surface area contributed by atoms with Crippen molar-refractivity contribution in [2.24, 2.45) is 10.3 Å². The molecule has 15 heavy (non-hydrogen) atoms. The smallest absolute Gasteiger partial charge is 0.276 e. The maximum Gasteiger partial charge on any atom is 0.276 e. The zero-order chi connectivity index (χ0) is 11.6. The van der Waals surface area contributed by atoms with Crippen molar-refractivity contribution in [1.29, 1.82) is 0 Å². The highest BCUT2D eigenvalue weighted by Crippen LogP contribution is 2.20. The quantitative estimate of drug-likeness (QED) is 0.493. The molecule has 7 heteroatoms. The first-order valence-corrected chi connectivity index (χ1v) is 4.34. The second-order valence-corrected chi connectivity index (χ2v) is 3.24. The maximum atomic E-state index is 11.8. The number of nitrogens with zero attached hydrogens (tertiary/aromatic N) is 3. The number of hydrogen-bond acceptors (Lipinski definition) is 6. The number of amides is 1. The van der Waals surface area contributed by atoms with Gasteiger partial charge in [0.2, 0.25) is 5.54 Å². The minimum absolute atomic E-state index is 0.295. The van der Waals surface area contributed by atoms with Crippen LogP contribution in [0.1, 0.15) is 13.8 Å². The molecule has 0 radical (unpaired) electrons. The van der Waals surface area contributed by atoms with Gasteiger partial charge in [-0.15, -0.1) is 0 Å². The summed E-state index contributed by atoms with van der Waals surface area (Å²) in [6.07, 6.45) is 0. The third kappa shape index (κ3) is 1.49. The highest BCUT2D eigenvalue weighted by Gasteiger charge is 2.51. The zero-order valence-corrected chi connectivity index (χ0v) is 9.11. The van der Waals surface area contributed by atoms with E-state index in [4.69, 9.17) is 5.21 Å². The van der Waals surface area contributed by atoms with Gasteiger partial charge in [0.15, 0.2) is 0 Å². The highest BCUT2D eigenvalue weighted by atomic mass is 16.6. The van der Waals surface area contributed by atoms with Crippen LogP contribution in [0.2, 0.25) is 0 Å². The van der Waals surface area contributed by atoms with Gasteiger partial charge in [0.05, 0.1) is 11.4 Å². The average molecular weight is 214 g/mol. The molecule has 0 saturated heterocycles. The SMILES string of the molecule is CO/N=C(\C)C1(NO)C(=O)N(C)N=C1C. The van der Waals surface area contributed by atoms with E-state index in [1.807, 2.05) is 5.48 Å². The molecule has 0 fully saturated rings. The van der Waals surface area contributed by atoms with Crippen LogP contribution in [0.5, 0.6) is 0 Å². The van der Waals surface area contributed by atoms with Crippen LogP contribution in [0.3, 0.4) is 0 Å². The van der Waals surface area contributed by atoms with Gasteiger partial charge in [0.1, 0.15) is 7.11 Å². The number of rotatable bonds is 3. The second-order valence-electron chi connectivity index (χ2n) is 3.24. The van der Waals surface area contributed by atoms with E-state index < -0.39 is 11.4 Å². The van der Waals surface area contributed by atoms with Gasteiger partial charge >= 0.3 is 0 Å². The van der Waals surface area contributed by atoms with Gasteiger partial charge in [-0.1, -0.05) is 5.16 Å². The lowest BCUT2D eigenvalue weighted by Crippen LogP contribution is -2.60. The number of oxime groups is 1. The summed E-state index contributed by atoms with van der Waals surface area (Å²) in [5.74, 6) is -0.402. The Morgan fingerprint density at radius 3 is 2.67 bits per heavy atom. The Labute approximate surface area is 87.3 Å². The Bertz CT molecular complexity index is 339. The minimum atomic E-state index is -1.40. The number of hydrazone groups is 1. The van der Waals surface area contributed by atoms with Gasteiger partial charge in [-0.25, -0.2) is 5.01 Å². The summed E-state index contributed by atoms with van der Waals surface area (Å²) >= 11 is 0. The molecule has 84 valence electrons. The van der Waals surface area contributed by atoms with Crippen molar-refractivity contribution in [1.82, 2.24) is 10.5 Å². The van der Waals surface area contributed by atoms with E-state index in [-0.39, 0.29) is 0 Å². The van der Waals surface area contributed by atoms with E-state index in [1.165, 1.54) is 14.2 Å². The van der Waals surface area contributed by atoms with Gasteiger partial charge < -0.3 is 10.0 Å². The standard InChI is InChI=1S/C8H14N4O3/c1-5-8(11-14,6(2)10-15-4)7(13)12(3)9-5/h11,14H,1-4H3/b10-6+. The molecule has 0 saturated carbocycles. The lowest BCUT2D eigenvalue weighted by molar-refractivity contribution is -0.133. The van der Waals surface area contributed by atoms with Crippen molar-refractivity contribution in [3.63, 3.8) is 0 Å². The van der Waals surface area contributed by atoms with Crippen molar-refractivity contribution in [3.8, 4) is 0 Å². The van der Waals surface area contributed by atoms with Crippen molar-refractivity contribution in [2.45, 2.75) is 19.4 Å². The first-order valence-electron chi connectivity index (χ1n) is 4.34. The van der Waals surface area contributed by atoms with E-state index in [0.717, 1.165) is 5.01 Å². The number of carbonyl (C=O) groups excluding carboxylic acids is 1. The molecular weight excluding hydrogens is 200 g/mol. The molecule has 2 N–H and O–H groups in total. The topological polar surface area (TPSA) is 86.5 Å². The third-order valence-electron chi connectivity index (χ3n) is 2.40. The van der Waals surface area contributed by atoms with E-state index >= 15 is 0 Å². The Morgan fingerprint density at radius 1 is 1.73 bits per heavy atom. The van der Waals surface area contributed by atoms with Gasteiger partial charge in [-0.2, -0.15) is 10.6 Å². The Morgan fingerprint density at radius 2 is 2.33 bits per heavy atom. The maximum absolute atomic E-state index is 11.8. The number of likely N-dealkylation sites (N-methyl/N-ethyl adjacent to an activating group) is 1. The Hall–Kier alpha value is -1.47. The molecule has 0 aromatic carbocycles. The highest BCUT2D eigenvalue weighted by molar-refractivity contribution is 6.32. The lowest BCUT2D eigenvalue weighted by Gasteiger charge is -2.24. The molecule has 1 atom stereocenters. The van der Waals surface area contributed by atoms with Crippen LogP contribution in [0.4, 0.5) is 0 Å². The Balaban J connectivity index is 3.22. The summed E-state index contributed by atoms with van der Waals surface area (Å²) in [6, 6.07) is 0. The average Bonchev–Trinajstić information content (AvgIpc) is 2.40. The third-order valence-corrected chi connectivity index (χ3v) is 2.40. The summed E-state index contributed by atoms with van der Waals surface area (Å²) in [5, 5.41) is 17.9. The van der Waals surface area contributed by atoms with E-state index in [2.05, 4.69) is 15.1 Å². The fourth-order valence-electron chi connectivity index (χ4n) is 1.57. The van der Waals surface area contributed by atoms with E-state index in [0.29, 0.717) is 11.4 Å². The molecule has 1 heterocycles. The normalized spacial score (nSPS) is 27.0. The molecule has 1 amide bonds. The molecule has 1 rings (SSSR count). The molecule has 0 bridgehead atoms. The predicted octanol–water partition coefficient (Wildman–Crippen LogP) is -0.426. The molecule has 0 aromatic rings. The summed E-state index contributed by atoms with van der Waals surface area (Å²) in [4.78, 5) is 16.4. The first-order chi connectivity index (χ1) is 7.00. The largest absolute Gasteiger partial charge is 0.399 e. The van der Waals surface area contributed by atoms with Crippen molar-refractivity contribution in [2.75, 3.05) is 14.2 Å². The van der Waals surface area contributed by atoms with Crippen molar-refractivity contribution < 1.29 is 14.8 Å². The van der Waals surface area contributed by atoms with Gasteiger partial charge in [-0.3, -0.25) is 4.79 Å². The predicted molar refractivity (Wildman–Crippen MR) is 53.7 cm³/mol. The summed E-state index contributed by atoms with van der Waals surface area (Å²) < 4.78 is 0. The second kappa shape index (κ2) is 3.95. The molecule has 0 aliphatic carbocycles. The molecule has 1 unspecified atom stereocenters. The van der Waals surface area contributed by atoms with Crippen molar-refractivity contribution >= 4 is 17.3 Å². The van der Waals surface area contributed by atoms with Crippen LogP contribution in [-0.4, -0.2) is 47.2 Å². The van der Waals surface area contributed by atoms with Crippen LogP contribution in [-0.2, 0) is 9.63 Å². The molecule has 1 aliphatic heterocycles. The van der Waals surface area contributed by atoms with Crippen LogP contribution in [0.25, 0.3) is 0 Å². The van der Waals surface area contributed by atoms with Gasteiger partial charge in [0.25, 0.3) is 5.91 Å². The van der Waals surface area contributed by atoms with Gasteiger partial charge in [-0.05, 0) is 13.8 Å². The van der Waals surface area contributed by atoms with Crippen LogP contribution in [0.15, 0.2) is 10.3 Å². The number of carbonyl (C=O) groups is 1. The number of hydroxylamine groups is 1. The minimum Gasteiger partial charge on any atom is -0.399 e. The fourth-order valence-corrected chi connectivity index (χ4v) is 1.57. The summed E-state index contributed by atoms with van der Waals surface area (Å²) in [7, 11) is 2.87. The van der Waals surface area contributed by atoms with Crippen LogP contribution < -0.4 is 5.48 Å². The number of nitrogens with one attached hydrogen (secondary N) is 1. The lowest BCUT2D eigenvalue weighted by atomic mass is 9.90. The van der Waals surface area contributed by atoms with Crippen LogP contribution >= 0.6 is 0 Å². The van der Waals surface area contributed by atoms with E-state index in [9.17, 15) is 4.79 Å². The monoisotopic (exact) mass is 214 g/mol. The zero-order valence-electron chi connectivity index (χ0n) is 9.11. The number of hydrogen-bond donors (Lipinski definition) is 2. The summed E-state index contributed by atoms with van der Waals surface area (Å²) in [6.45, 7) is 3.20. The molecule has 1 aliphatic rings.